The van der Waals surface area contributed by atoms with Gasteiger partial charge in [0, 0.05) is 5.56 Å². The highest BCUT2D eigenvalue weighted by Gasteiger charge is 2.11. The number of carboxylic acid groups (broad SMARTS) is 1. The third kappa shape index (κ3) is 3.28. The number of aliphatic carboxylic acids is 1. The molecule has 0 radical (unpaired) electrons. The van der Waals surface area contributed by atoms with Crippen LogP contribution in [0.15, 0.2) is 36.4 Å². The molecule has 1 unspecified atom stereocenters. The van der Waals surface area contributed by atoms with Gasteiger partial charge in [-0.25, -0.2) is 0 Å². The van der Waals surface area contributed by atoms with Crippen molar-refractivity contribution in [3.63, 3.8) is 0 Å². The van der Waals surface area contributed by atoms with E-state index in [1.54, 1.807) is 13.0 Å². The van der Waals surface area contributed by atoms with Crippen molar-refractivity contribution in [2.24, 2.45) is 0 Å². The fourth-order valence-electron chi connectivity index (χ4n) is 1.65. The lowest BCUT2D eigenvalue weighted by Gasteiger charge is -2.09. The molecule has 19 heavy (non-hydrogen) atoms. The van der Waals surface area contributed by atoms with E-state index >= 15 is 0 Å². The van der Waals surface area contributed by atoms with Crippen LogP contribution in [0, 0.1) is 6.92 Å². The van der Waals surface area contributed by atoms with E-state index in [0.717, 1.165) is 16.8 Å². The number of anilines is 1. The molecule has 1 aromatic carbocycles. The molecule has 0 saturated heterocycles. The maximum atomic E-state index is 10.7. The number of carbonyl (C=O) groups is 1. The summed E-state index contributed by atoms with van der Waals surface area (Å²) in [5.41, 5.74) is 2.91. The fourth-order valence-corrected chi connectivity index (χ4v) is 1.65. The van der Waals surface area contributed by atoms with E-state index in [1.165, 1.54) is 0 Å². The molecule has 2 N–H and O–H groups in total. The van der Waals surface area contributed by atoms with E-state index < -0.39 is 12.0 Å². The molecule has 1 atom stereocenters. The minimum absolute atomic E-state index is 0.450. The second-order valence-electron chi connectivity index (χ2n) is 4.38. The molecule has 0 amide bonds. The molecule has 0 aliphatic carbocycles. The van der Waals surface area contributed by atoms with Gasteiger partial charge in [-0.1, -0.05) is 23.8 Å². The molecular formula is C14H15N3O2. The van der Waals surface area contributed by atoms with Crippen LogP contribution >= 0.6 is 0 Å². The fraction of sp³-hybridized carbons (Fsp3) is 0.214. The quantitative estimate of drug-likeness (QED) is 0.879. The Balaban J connectivity index is 2.17. The summed E-state index contributed by atoms with van der Waals surface area (Å²) in [5, 5.41) is 19.6. The summed E-state index contributed by atoms with van der Waals surface area (Å²) in [6.45, 7) is 3.57. The zero-order valence-electron chi connectivity index (χ0n) is 10.8. The summed E-state index contributed by atoms with van der Waals surface area (Å²) in [4.78, 5) is 10.7. The van der Waals surface area contributed by atoms with E-state index in [0.29, 0.717) is 5.82 Å². The van der Waals surface area contributed by atoms with E-state index in [1.807, 2.05) is 37.3 Å². The van der Waals surface area contributed by atoms with Gasteiger partial charge in [-0.2, -0.15) is 0 Å². The van der Waals surface area contributed by atoms with Crippen LogP contribution in [0.3, 0.4) is 0 Å². The van der Waals surface area contributed by atoms with Crippen LogP contribution in [-0.2, 0) is 4.79 Å². The molecule has 5 nitrogen and oxygen atoms in total. The summed E-state index contributed by atoms with van der Waals surface area (Å²) in [5.74, 6) is -0.476. The van der Waals surface area contributed by atoms with Gasteiger partial charge in [0.25, 0.3) is 0 Å². The average Bonchev–Trinajstić information content (AvgIpc) is 2.39. The molecule has 2 aromatic rings. The summed E-state index contributed by atoms with van der Waals surface area (Å²) >= 11 is 0. The Morgan fingerprint density at radius 3 is 2.63 bits per heavy atom. The molecule has 0 saturated carbocycles. The molecule has 0 aliphatic rings. The van der Waals surface area contributed by atoms with Crippen molar-refractivity contribution in [2.75, 3.05) is 5.32 Å². The highest BCUT2D eigenvalue weighted by Crippen LogP contribution is 2.18. The third-order valence-corrected chi connectivity index (χ3v) is 2.71. The third-order valence-electron chi connectivity index (χ3n) is 2.71. The number of aryl methyl sites for hydroxylation is 1. The van der Waals surface area contributed by atoms with E-state index in [4.69, 9.17) is 5.11 Å². The van der Waals surface area contributed by atoms with Crippen LogP contribution < -0.4 is 5.32 Å². The first-order valence-electron chi connectivity index (χ1n) is 5.96. The van der Waals surface area contributed by atoms with Crippen LogP contribution in [0.5, 0.6) is 0 Å². The van der Waals surface area contributed by atoms with Gasteiger partial charge in [-0.05, 0) is 32.0 Å². The zero-order valence-corrected chi connectivity index (χ0v) is 10.8. The molecule has 0 aliphatic heterocycles. The number of nitrogens with zero attached hydrogens (tertiary/aromatic N) is 2. The first-order chi connectivity index (χ1) is 9.06. The van der Waals surface area contributed by atoms with Gasteiger partial charge in [0.15, 0.2) is 0 Å². The summed E-state index contributed by atoms with van der Waals surface area (Å²) < 4.78 is 0. The van der Waals surface area contributed by atoms with Crippen LogP contribution in [0.25, 0.3) is 11.3 Å². The zero-order chi connectivity index (χ0) is 13.8. The van der Waals surface area contributed by atoms with Crippen molar-refractivity contribution in [1.29, 1.82) is 0 Å². The molecule has 98 valence electrons. The molecule has 0 bridgehead atoms. The highest BCUT2D eigenvalue weighted by atomic mass is 16.4. The van der Waals surface area contributed by atoms with Crippen molar-refractivity contribution in [3.8, 4) is 11.3 Å². The Morgan fingerprint density at radius 1 is 1.26 bits per heavy atom. The van der Waals surface area contributed by atoms with E-state index in [2.05, 4.69) is 15.5 Å². The average molecular weight is 257 g/mol. The molecule has 1 aromatic heterocycles. The number of carboxylic acids is 1. The van der Waals surface area contributed by atoms with E-state index in [-0.39, 0.29) is 0 Å². The number of hydrogen-bond acceptors (Lipinski definition) is 4. The van der Waals surface area contributed by atoms with Crippen LogP contribution in [0.4, 0.5) is 5.82 Å². The smallest absolute Gasteiger partial charge is 0.325 e. The van der Waals surface area contributed by atoms with Crippen molar-refractivity contribution in [1.82, 2.24) is 10.2 Å². The largest absolute Gasteiger partial charge is 0.480 e. The minimum atomic E-state index is -0.926. The van der Waals surface area contributed by atoms with Crippen LogP contribution in [0.1, 0.15) is 12.5 Å². The summed E-state index contributed by atoms with van der Waals surface area (Å²) in [7, 11) is 0. The second kappa shape index (κ2) is 5.48. The lowest BCUT2D eigenvalue weighted by Crippen LogP contribution is -2.25. The van der Waals surface area contributed by atoms with Gasteiger partial charge in [0.05, 0.1) is 5.69 Å². The number of aromatic nitrogens is 2. The van der Waals surface area contributed by atoms with Gasteiger partial charge in [-0.15, -0.1) is 10.2 Å². The second-order valence-corrected chi connectivity index (χ2v) is 4.38. The Labute approximate surface area is 111 Å². The Hall–Kier alpha value is -2.43. The van der Waals surface area contributed by atoms with Crippen LogP contribution in [0.2, 0.25) is 0 Å². The number of rotatable bonds is 4. The maximum absolute atomic E-state index is 10.7. The van der Waals surface area contributed by atoms with Gasteiger partial charge >= 0.3 is 5.97 Å². The molecular weight excluding hydrogens is 242 g/mol. The first-order valence-corrected chi connectivity index (χ1v) is 5.96. The topological polar surface area (TPSA) is 75.1 Å². The predicted octanol–water partition coefficient (Wildman–Crippen LogP) is 2.34. The lowest BCUT2D eigenvalue weighted by molar-refractivity contribution is -0.137. The van der Waals surface area contributed by atoms with Gasteiger partial charge in [0.2, 0.25) is 0 Å². The standard InChI is InChI=1S/C14H15N3O2/c1-9-4-3-5-11(8-9)12-6-7-13(17-16-12)15-10(2)14(18)19/h3-8,10H,1-2H3,(H,15,17)(H,18,19). The van der Waals surface area contributed by atoms with Gasteiger partial charge in [-0.3, -0.25) is 4.79 Å². The Bertz CT molecular complexity index is 581. The molecule has 0 spiro atoms. The molecule has 1 heterocycles. The monoisotopic (exact) mass is 257 g/mol. The van der Waals surface area contributed by atoms with Crippen molar-refractivity contribution in [2.45, 2.75) is 19.9 Å². The Kier molecular flexibility index (Phi) is 3.75. The SMILES string of the molecule is Cc1cccc(-c2ccc(NC(C)C(=O)O)nn2)c1. The Morgan fingerprint density at radius 2 is 2.05 bits per heavy atom. The predicted molar refractivity (Wildman–Crippen MR) is 72.9 cm³/mol. The molecule has 2 rings (SSSR count). The van der Waals surface area contributed by atoms with Crippen LogP contribution in [-0.4, -0.2) is 27.3 Å². The number of benzene rings is 1. The number of nitrogens with one attached hydrogen (secondary N) is 1. The van der Waals surface area contributed by atoms with Gasteiger partial charge < -0.3 is 10.4 Å². The summed E-state index contributed by atoms with van der Waals surface area (Å²) in [6.07, 6.45) is 0. The van der Waals surface area contributed by atoms with Crippen molar-refractivity contribution >= 4 is 11.8 Å². The van der Waals surface area contributed by atoms with Crippen molar-refractivity contribution < 1.29 is 9.90 Å². The van der Waals surface area contributed by atoms with Gasteiger partial charge in [0.1, 0.15) is 11.9 Å². The first kappa shape index (κ1) is 13.0. The maximum Gasteiger partial charge on any atom is 0.325 e. The molecule has 0 fully saturated rings. The lowest BCUT2D eigenvalue weighted by atomic mass is 10.1. The molecule has 5 heteroatoms. The minimum Gasteiger partial charge on any atom is -0.480 e. The normalized spacial score (nSPS) is 11.9. The van der Waals surface area contributed by atoms with Crippen molar-refractivity contribution in [3.05, 3.63) is 42.0 Å². The van der Waals surface area contributed by atoms with E-state index in [9.17, 15) is 4.79 Å². The number of hydrogen-bond donors (Lipinski definition) is 2. The highest BCUT2D eigenvalue weighted by molar-refractivity contribution is 5.76. The summed E-state index contributed by atoms with van der Waals surface area (Å²) in [6, 6.07) is 10.8.